The van der Waals surface area contributed by atoms with Gasteiger partial charge in [0.2, 0.25) is 0 Å². The van der Waals surface area contributed by atoms with Crippen LogP contribution in [0.15, 0.2) is 5.03 Å². The number of nitrogens with zero attached hydrogens (tertiary/aromatic N) is 2. The van der Waals surface area contributed by atoms with E-state index in [4.69, 9.17) is 4.74 Å². The minimum absolute atomic E-state index is 0.200. The van der Waals surface area contributed by atoms with E-state index in [9.17, 15) is 4.79 Å². The van der Waals surface area contributed by atoms with Crippen LogP contribution in [-0.2, 0) is 23.1 Å². The highest BCUT2D eigenvalue weighted by Crippen LogP contribution is 2.25. The molecule has 0 radical (unpaired) electrons. The normalized spacial score (nSPS) is 12.0. The van der Waals surface area contributed by atoms with E-state index >= 15 is 0 Å². The topological polar surface area (TPSA) is 56.2 Å². The molecule has 1 rings (SSSR count). The Balaban J connectivity index is 2.72. The Kier molecular flexibility index (Phi) is 6.28. The predicted molar refractivity (Wildman–Crippen MR) is 86.5 cm³/mol. The number of aromatic nitrogens is 2. The standard InChI is InChI=1S/C15H27N3O2S/c1-10(2)16-8-12-11(3)17-18(7)14(12)21-9-13(19)20-15(4,5)6/h10,16H,8-9H2,1-7H3. The number of esters is 1. The smallest absolute Gasteiger partial charge is 0.316 e. The SMILES string of the molecule is Cc1nn(C)c(SCC(=O)OC(C)(C)C)c1CNC(C)C. The van der Waals surface area contributed by atoms with Gasteiger partial charge >= 0.3 is 5.97 Å². The molecule has 6 heteroatoms. The zero-order chi connectivity index (χ0) is 16.2. The molecule has 0 spiro atoms. The highest BCUT2D eigenvalue weighted by Gasteiger charge is 2.19. The van der Waals surface area contributed by atoms with E-state index in [0.717, 1.165) is 22.8 Å². The van der Waals surface area contributed by atoms with Gasteiger partial charge in [0.05, 0.1) is 16.5 Å². The largest absolute Gasteiger partial charge is 0.459 e. The first-order valence-corrected chi connectivity index (χ1v) is 8.19. The van der Waals surface area contributed by atoms with Crippen molar-refractivity contribution in [1.29, 1.82) is 0 Å². The summed E-state index contributed by atoms with van der Waals surface area (Å²) in [6.07, 6.45) is 0. The summed E-state index contributed by atoms with van der Waals surface area (Å²) in [6.45, 7) is 12.6. The lowest BCUT2D eigenvalue weighted by atomic mass is 10.2. The van der Waals surface area contributed by atoms with Gasteiger partial charge in [-0.1, -0.05) is 25.6 Å². The molecule has 0 saturated heterocycles. The van der Waals surface area contributed by atoms with Crippen LogP contribution in [-0.4, -0.2) is 33.1 Å². The van der Waals surface area contributed by atoms with Crippen LogP contribution >= 0.6 is 11.8 Å². The van der Waals surface area contributed by atoms with E-state index in [0.29, 0.717) is 11.8 Å². The number of ether oxygens (including phenoxy) is 1. The van der Waals surface area contributed by atoms with Gasteiger partial charge in [-0.15, -0.1) is 0 Å². The maximum absolute atomic E-state index is 11.8. The molecular formula is C15H27N3O2S. The first-order chi connectivity index (χ1) is 9.60. The molecule has 120 valence electrons. The average molecular weight is 313 g/mol. The quantitative estimate of drug-likeness (QED) is 0.646. The van der Waals surface area contributed by atoms with Crippen molar-refractivity contribution in [3.05, 3.63) is 11.3 Å². The molecule has 0 amide bonds. The van der Waals surface area contributed by atoms with Crippen LogP contribution in [0.3, 0.4) is 0 Å². The Labute approximate surface area is 131 Å². The highest BCUT2D eigenvalue weighted by molar-refractivity contribution is 7.99. The van der Waals surface area contributed by atoms with E-state index in [1.807, 2.05) is 39.4 Å². The van der Waals surface area contributed by atoms with Crippen molar-refractivity contribution in [2.24, 2.45) is 7.05 Å². The summed E-state index contributed by atoms with van der Waals surface area (Å²) in [6, 6.07) is 0.410. The summed E-state index contributed by atoms with van der Waals surface area (Å²) in [5.41, 5.74) is 1.71. The van der Waals surface area contributed by atoms with Gasteiger partial charge in [0.25, 0.3) is 0 Å². The molecule has 1 heterocycles. The number of hydrogen-bond acceptors (Lipinski definition) is 5. The van der Waals surface area contributed by atoms with Crippen molar-refractivity contribution in [2.45, 2.75) is 64.8 Å². The molecular weight excluding hydrogens is 286 g/mol. The fourth-order valence-electron chi connectivity index (χ4n) is 1.87. The average Bonchev–Trinajstić information content (AvgIpc) is 2.56. The number of nitrogens with one attached hydrogen (secondary N) is 1. The molecule has 0 atom stereocenters. The number of hydrogen-bond donors (Lipinski definition) is 1. The Bertz CT molecular complexity index is 490. The van der Waals surface area contributed by atoms with Crippen LogP contribution in [0.1, 0.15) is 45.9 Å². The van der Waals surface area contributed by atoms with E-state index in [-0.39, 0.29) is 5.97 Å². The van der Waals surface area contributed by atoms with E-state index < -0.39 is 5.60 Å². The summed E-state index contributed by atoms with van der Waals surface area (Å²) in [7, 11) is 1.91. The van der Waals surface area contributed by atoms with Crippen LogP contribution in [0, 0.1) is 6.92 Å². The van der Waals surface area contributed by atoms with E-state index in [2.05, 4.69) is 24.3 Å². The Morgan fingerprint density at radius 2 is 2.05 bits per heavy atom. The van der Waals surface area contributed by atoms with Gasteiger partial charge in [-0.3, -0.25) is 9.48 Å². The lowest BCUT2D eigenvalue weighted by molar-refractivity contribution is -0.151. The van der Waals surface area contributed by atoms with Crippen molar-refractivity contribution in [3.63, 3.8) is 0 Å². The number of rotatable bonds is 6. The summed E-state index contributed by atoms with van der Waals surface area (Å²) in [5.74, 6) is 0.0967. The lowest BCUT2D eigenvalue weighted by Gasteiger charge is -2.19. The second kappa shape index (κ2) is 7.31. The van der Waals surface area contributed by atoms with Crippen LogP contribution in [0.2, 0.25) is 0 Å². The van der Waals surface area contributed by atoms with Crippen LogP contribution in [0.4, 0.5) is 0 Å². The third-order valence-corrected chi connectivity index (χ3v) is 3.89. The van der Waals surface area contributed by atoms with Crippen molar-refractivity contribution in [3.8, 4) is 0 Å². The second-order valence-corrected chi connectivity index (χ2v) is 7.37. The van der Waals surface area contributed by atoms with Crippen molar-refractivity contribution < 1.29 is 9.53 Å². The molecule has 1 aromatic rings. The van der Waals surface area contributed by atoms with Gasteiger partial charge in [-0.2, -0.15) is 5.10 Å². The van der Waals surface area contributed by atoms with E-state index in [1.165, 1.54) is 11.8 Å². The maximum Gasteiger partial charge on any atom is 0.316 e. The molecule has 0 fully saturated rings. The summed E-state index contributed by atoms with van der Waals surface area (Å²) < 4.78 is 7.17. The van der Waals surface area contributed by atoms with Gasteiger partial charge in [0, 0.05) is 25.2 Å². The number of aryl methyl sites for hydroxylation is 2. The molecule has 0 aliphatic carbocycles. The fraction of sp³-hybridized carbons (Fsp3) is 0.733. The first kappa shape index (κ1) is 18.0. The predicted octanol–water partition coefficient (Wildman–Crippen LogP) is 2.66. The zero-order valence-corrected chi connectivity index (χ0v) is 14.9. The van der Waals surface area contributed by atoms with Crippen LogP contribution in [0.5, 0.6) is 0 Å². The summed E-state index contributed by atoms with van der Waals surface area (Å²) in [5, 5.41) is 8.86. The van der Waals surface area contributed by atoms with Gasteiger partial charge < -0.3 is 10.1 Å². The molecule has 1 N–H and O–H groups in total. The molecule has 1 aromatic heterocycles. The summed E-state index contributed by atoms with van der Waals surface area (Å²) in [4.78, 5) is 11.8. The number of carbonyl (C=O) groups is 1. The molecule has 0 aliphatic rings. The lowest BCUT2D eigenvalue weighted by Crippen LogP contribution is -2.25. The van der Waals surface area contributed by atoms with Crippen LogP contribution in [0.25, 0.3) is 0 Å². The Hall–Kier alpha value is -1.01. The second-order valence-electron chi connectivity index (χ2n) is 6.40. The molecule has 0 aliphatic heterocycles. The zero-order valence-electron chi connectivity index (χ0n) is 14.1. The molecule has 0 saturated carbocycles. The minimum Gasteiger partial charge on any atom is -0.459 e. The third-order valence-electron chi connectivity index (χ3n) is 2.72. The number of thioether (sulfide) groups is 1. The van der Waals surface area contributed by atoms with Gasteiger partial charge in [-0.25, -0.2) is 0 Å². The van der Waals surface area contributed by atoms with E-state index in [1.54, 1.807) is 0 Å². The summed E-state index contributed by atoms with van der Waals surface area (Å²) >= 11 is 1.48. The van der Waals surface area contributed by atoms with Crippen LogP contribution < -0.4 is 5.32 Å². The van der Waals surface area contributed by atoms with Crippen molar-refractivity contribution >= 4 is 17.7 Å². The fourth-order valence-corrected chi connectivity index (χ4v) is 2.80. The highest BCUT2D eigenvalue weighted by atomic mass is 32.2. The van der Waals surface area contributed by atoms with Crippen molar-refractivity contribution in [2.75, 3.05) is 5.75 Å². The van der Waals surface area contributed by atoms with Gasteiger partial charge in [0.1, 0.15) is 5.60 Å². The van der Waals surface area contributed by atoms with Gasteiger partial charge in [-0.05, 0) is 27.7 Å². The molecule has 21 heavy (non-hydrogen) atoms. The van der Waals surface area contributed by atoms with Crippen molar-refractivity contribution in [1.82, 2.24) is 15.1 Å². The van der Waals surface area contributed by atoms with Gasteiger partial charge in [0.15, 0.2) is 0 Å². The third kappa shape index (κ3) is 6.09. The maximum atomic E-state index is 11.8. The number of carbonyl (C=O) groups excluding carboxylic acids is 1. The first-order valence-electron chi connectivity index (χ1n) is 7.20. The Morgan fingerprint density at radius 3 is 2.57 bits per heavy atom. The monoisotopic (exact) mass is 313 g/mol. The Morgan fingerprint density at radius 1 is 1.43 bits per heavy atom. The molecule has 0 unspecified atom stereocenters. The molecule has 0 aromatic carbocycles. The molecule has 5 nitrogen and oxygen atoms in total. The minimum atomic E-state index is -0.442. The molecule has 0 bridgehead atoms.